The van der Waals surface area contributed by atoms with Gasteiger partial charge in [-0.15, -0.1) is 0 Å². The van der Waals surface area contributed by atoms with Crippen LogP contribution in [0.15, 0.2) is 12.1 Å². The topological polar surface area (TPSA) is 69.6 Å². The molecular formula is C11H17ClN2O3S. The number of halogens is 1. The summed E-state index contributed by atoms with van der Waals surface area (Å²) in [5.74, 6) is -0.125. The SMILES string of the molecule is Cc1cc(Cl)cc(NS(=O)(=O)N(C)C(C)C)c1O. The van der Waals surface area contributed by atoms with Crippen molar-refractivity contribution in [2.75, 3.05) is 11.8 Å². The number of rotatable bonds is 4. The second-order valence-corrected chi connectivity index (χ2v) is 6.50. The maximum absolute atomic E-state index is 12.0. The fourth-order valence-electron chi connectivity index (χ4n) is 1.30. The lowest BCUT2D eigenvalue weighted by atomic mass is 10.2. The van der Waals surface area contributed by atoms with E-state index in [2.05, 4.69) is 4.72 Å². The quantitative estimate of drug-likeness (QED) is 0.837. The molecule has 0 aromatic heterocycles. The molecule has 0 radical (unpaired) electrons. The molecule has 0 aliphatic rings. The third-order valence-corrected chi connectivity index (χ3v) is 4.49. The first-order valence-corrected chi connectivity index (χ1v) is 7.22. The van der Waals surface area contributed by atoms with Crippen molar-refractivity contribution in [3.05, 3.63) is 22.7 Å². The predicted octanol–water partition coefficient (Wildman–Crippen LogP) is 2.35. The number of benzene rings is 1. The van der Waals surface area contributed by atoms with Crippen molar-refractivity contribution >= 4 is 27.5 Å². The molecule has 0 unspecified atom stereocenters. The number of hydrogen-bond donors (Lipinski definition) is 2. The summed E-state index contributed by atoms with van der Waals surface area (Å²) in [5.41, 5.74) is 0.583. The summed E-state index contributed by atoms with van der Waals surface area (Å²) in [7, 11) is -2.24. The Labute approximate surface area is 113 Å². The molecule has 102 valence electrons. The van der Waals surface area contributed by atoms with Crippen LogP contribution in [0.1, 0.15) is 19.4 Å². The van der Waals surface area contributed by atoms with Gasteiger partial charge in [-0.3, -0.25) is 4.72 Å². The van der Waals surface area contributed by atoms with Gasteiger partial charge in [0.1, 0.15) is 5.75 Å². The van der Waals surface area contributed by atoms with Crippen LogP contribution in [0.3, 0.4) is 0 Å². The lowest BCUT2D eigenvalue weighted by Crippen LogP contribution is -2.37. The summed E-state index contributed by atoms with van der Waals surface area (Å²) < 4.78 is 27.4. The molecule has 0 saturated heterocycles. The molecule has 0 saturated carbocycles. The minimum atomic E-state index is -3.70. The van der Waals surface area contributed by atoms with Crippen LogP contribution >= 0.6 is 11.6 Å². The van der Waals surface area contributed by atoms with Crippen LogP contribution < -0.4 is 4.72 Å². The van der Waals surface area contributed by atoms with E-state index in [9.17, 15) is 13.5 Å². The summed E-state index contributed by atoms with van der Waals surface area (Å²) in [4.78, 5) is 0. The van der Waals surface area contributed by atoms with Crippen molar-refractivity contribution in [3.63, 3.8) is 0 Å². The molecule has 2 N–H and O–H groups in total. The summed E-state index contributed by atoms with van der Waals surface area (Å²) in [6.45, 7) is 5.15. The van der Waals surface area contributed by atoms with E-state index in [1.54, 1.807) is 26.8 Å². The molecule has 0 amide bonds. The molecular weight excluding hydrogens is 276 g/mol. The largest absolute Gasteiger partial charge is 0.505 e. The summed E-state index contributed by atoms with van der Waals surface area (Å²) >= 11 is 5.83. The van der Waals surface area contributed by atoms with Gasteiger partial charge in [-0.25, -0.2) is 0 Å². The number of nitrogens with one attached hydrogen (secondary N) is 1. The molecule has 0 aliphatic carbocycles. The molecule has 0 atom stereocenters. The third-order valence-electron chi connectivity index (χ3n) is 2.61. The van der Waals surface area contributed by atoms with E-state index in [0.717, 1.165) is 0 Å². The average Bonchev–Trinajstić information content (AvgIpc) is 2.23. The smallest absolute Gasteiger partial charge is 0.301 e. The van der Waals surface area contributed by atoms with E-state index in [1.165, 1.54) is 17.4 Å². The number of anilines is 1. The Morgan fingerprint density at radius 3 is 2.44 bits per heavy atom. The van der Waals surface area contributed by atoms with Crippen molar-refractivity contribution in [2.24, 2.45) is 0 Å². The maximum atomic E-state index is 12.0. The lowest BCUT2D eigenvalue weighted by Gasteiger charge is -2.22. The summed E-state index contributed by atoms with van der Waals surface area (Å²) in [6.07, 6.45) is 0. The van der Waals surface area contributed by atoms with Gasteiger partial charge in [0, 0.05) is 18.1 Å². The molecule has 1 aromatic carbocycles. The fourth-order valence-corrected chi connectivity index (χ4v) is 2.71. The van der Waals surface area contributed by atoms with Crippen molar-refractivity contribution in [1.29, 1.82) is 0 Å². The number of phenolic OH excluding ortho intramolecular Hbond substituents is 1. The molecule has 0 spiro atoms. The molecule has 7 heteroatoms. The zero-order valence-corrected chi connectivity index (χ0v) is 12.3. The van der Waals surface area contributed by atoms with Crippen molar-refractivity contribution in [1.82, 2.24) is 4.31 Å². The van der Waals surface area contributed by atoms with E-state index >= 15 is 0 Å². The molecule has 0 fully saturated rings. The van der Waals surface area contributed by atoms with Gasteiger partial charge in [0.15, 0.2) is 0 Å². The van der Waals surface area contributed by atoms with Crippen LogP contribution in [0.25, 0.3) is 0 Å². The molecule has 1 rings (SSSR count). The van der Waals surface area contributed by atoms with E-state index in [-0.39, 0.29) is 17.5 Å². The van der Waals surface area contributed by atoms with Crippen LogP contribution in [0.4, 0.5) is 5.69 Å². The third kappa shape index (κ3) is 3.28. The van der Waals surface area contributed by atoms with Crippen LogP contribution in [0.2, 0.25) is 5.02 Å². The van der Waals surface area contributed by atoms with Crippen LogP contribution in [0.5, 0.6) is 5.75 Å². The molecule has 18 heavy (non-hydrogen) atoms. The van der Waals surface area contributed by atoms with Crippen LogP contribution in [-0.2, 0) is 10.2 Å². The Balaban J connectivity index is 3.12. The predicted molar refractivity (Wildman–Crippen MR) is 73.3 cm³/mol. The minimum absolute atomic E-state index is 0.0764. The van der Waals surface area contributed by atoms with Gasteiger partial charge in [-0.05, 0) is 38.5 Å². The van der Waals surface area contributed by atoms with Gasteiger partial charge in [-0.2, -0.15) is 12.7 Å². The van der Waals surface area contributed by atoms with Crippen molar-refractivity contribution in [3.8, 4) is 5.75 Å². The Hall–Kier alpha value is -0.980. The number of aromatic hydroxyl groups is 1. The fraction of sp³-hybridized carbons (Fsp3) is 0.455. The van der Waals surface area contributed by atoms with E-state index in [0.29, 0.717) is 10.6 Å². The zero-order valence-electron chi connectivity index (χ0n) is 10.7. The molecule has 0 aliphatic heterocycles. The number of aryl methyl sites for hydroxylation is 1. The first kappa shape index (κ1) is 15.1. The van der Waals surface area contributed by atoms with Crippen LogP contribution in [0, 0.1) is 6.92 Å². The van der Waals surface area contributed by atoms with Gasteiger partial charge in [0.05, 0.1) is 5.69 Å². The number of nitrogens with zero attached hydrogens (tertiary/aromatic N) is 1. The normalized spacial score (nSPS) is 12.2. The standard InChI is InChI=1S/C11H17ClN2O3S/c1-7(2)14(4)18(16,17)13-10-6-9(12)5-8(3)11(10)15/h5-7,13,15H,1-4H3. The molecule has 0 heterocycles. The summed E-state index contributed by atoms with van der Waals surface area (Å²) in [6, 6.07) is 2.74. The highest BCUT2D eigenvalue weighted by Crippen LogP contribution is 2.31. The number of phenols is 1. The monoisotopic (exact) mass is 292 g/mol. The Morgan fingerprint density at radius 2 is 1.94 bits per heavy atom. The highest BCUT2D eigenvalue weighted by atomic mass is 35.5. The van der Waals surface area contributed by atoms with Crippen LogP contribution in [-0.4, -0.2) is 30.9 Å². The maximum Gasteiger partial charge on any atom is 0.301 e. The molecule has 0 bridgehead atoms. The number of hydrogen-bond acceptors (Lipinski definition) is 3. The van der Waals surface area contributed by atoms with Gasteiger partial charge in [0.2, 0.25) is 0 Å². The zero-order chi connectivity index (χ0) is 14.1. The van der Waals surface area contributed by atoms with E-state index in [1.807, 2.05) is 0 Å². The van der Waals surface area contributed by atoms with Gasteiger partial charge >= 0.3 is 10.2 Å². The van der Waals surface area contributed by atoms with Gasteiger partial charge in [0.25, 0.3) is 0 Å². The van der Waals surface area contributed by atoms with Gasteiger partial charge in [-0.1, -0.05) is 11.6 Å². The first-order chi connectivity index (χ1) is 8.15. The van der Waals surface area contributed by atoms with Crippen molar-refractivity contribution in [2.45, 2.75) is 26.8 Å². The molecule has 1 aromatic rings. The second kappa shape index (κ2) is 5.34. The van der Waals surface area contributed by atoms with E-state index < -0.39 is 10.2 Å². The average molecular weight is 293 g/mol. The Morgan fingerprint density at radius 1 is 1.39 bits per heavy atom. The minimum Gasteiger partial charge on any atom is -0.505 e. The first-order valence-electron chi connectivity index (χ1n) is 5.40. The Bertz CT molecular complexity index is 543. The van der Waals surface area contributed by atoms with Gasteiger partial charge < -0.3 is 5.11 Å². The van der Waals surface area contributed by atoms with E-state index in [4.69, 9.17) is 11.6 Å². The highest BCUT2D eigenvalue weighted by Gasteiger charge is 2.22. The second-order valence-electron chi connectivity index (χ2n) is 4.34. The molecule has 5 nitrogen and oxygen atoms in total. The van der Waals surface area contributed by atoms with Crippen molar-refractivity contribution < 1.29 is 13.5 Å². The Kier molecular flexibility index (Phi) is 4.47. The highest BCUT2D eigenvalue weighted by molar-refractivity contribution is 7.90. The lowest BCUT2D eigenvalue weighted by molar-refractivity contribution is 0.413. The summed E-state index contributed by atoms with van der Waals surface area (Å²) in [5, 5.41) is 10.2.